The third-order valence-electron chi connectivity index (χ3n) is 4.57. The Kier molecular flexibility index (Phi) is 6.98. The second kappa shape index (κ2) is 9.89. The summed E-state index contributed by atoms with van der Waals surface area (Å²) < 4.78 is 6.50. The van der Waals surface area contributed by atoms with Crippen LogP contribution in [0.5, 0.6) is 5.75 Å². The highest BCUT2D eigenvalue weighted by Crippen LogP contribution is 2.33. The first kappa shape index (κ1) is 22.6. The number of benzene rings is 3. The monoisotopic (exact) mass is 575 g/mol. The molecule has 0 aliphatic carbocycles. The average Bonchev–Trinajstić information content (AvgIpc) is 3.03. The summed E-state index contributed by atoms with van der Waals surface area (Å²) in [4.78, 5) is 39.1. The number of thioether (sulfide) groups is 1. The molecule has 0 spiro atoms. The molecular formula is C24H15ClINO4S. The van der Waals surface area contributed by atoms with Crippen LogP contribution in [0.25, 0.3) is 6.08 Å². The maximum Gasteiger partial charge on any atom is 0.343 e. The van der Waals surface area contributed by atoms with Crippen molar-refractivity contribution in [2.75, 3.05) is 0 Å². The van der Waals surface area contributed by atoms with E-state index in [0.29, 0.717) is 26.8 Å². The van der Waals surface area contributed by atoms with E-state index in [9.17, 15) is 14.4 Å². The topological polar surface area (TPSA) is 63.7 Å². The largest absolute Gasteiger partial charge is 0.423 e. The number of amides is 2. The third kappa shape index (κ3) is 5.40. The van der Waals surface area contributed by atoms with Crippen LogP contribution < -0.4 is 4.74 Å². The van der Waals surface area contributed by atoms with Gasteiger partial charge in [-0.2, -0.15) is 0 Å². The molecule has 3 aromatic carbocycles. The van der Waals surface area contributed by atoms with E-state index in [1.807, 2.05) is 24.3 Å². The zero-order valence-corrected chi connectivity index (χ0v) is 20.2. The number of imide groups is 1. The summed E-state index contributed by atoms with van der Waals surface area (Å²) in [6.07, 6.45) is 1.62. The smallest absolute Gasteiger partial charge is 0.343 e. The fourth-order valence-corrected chi connectivity index (χ4v) is 4.30. The number of hydrogen-bond donors (Lipinski definition) is 0. The number of halogens is 2. The molecule has 8 heteroatoms. The molecule has 2 amide bonds. The van der Waals surface area contributed by atoms with E-state index in [2.05, 4.69) is 22.6 Å². The van der Waals surface area contributed by atoms with Crippen LogP contribution in [0.2, 0.25) is 5.02 Å². The van der Waals surface area contributed by atoms with Crippen LogP contribution in [0.15, 0.2) is 77.7 Å². The molecule has 0 aromatic heterocycles. The number of carbonyl (C=O) groups is 3. The lowest BCUT2D eigenvalue weighted by atomic mass is 10.2. The van der Waals surface area contributed by atoms with Gasteiger partial charge in [0.05, 0.1) is 17.0 Å². The van der Waals surface area contributed by atoms with Gasteiger partial charge in [-0.15, -0.1) is 0 Å². The van der Waals surface area contributed by atoms with Crippen molar-refractivity contribution in [2.24, 2.45) is 0 Å². The Morgan fingerprint density at radius 1 is 1.03 bits per heavy atom. The van der Waals surface area contributed by atoms with Crippen molar-refractivity contribution in [3.63, 3.8) is 0 Å². The normalized spacial score (nSPS) is 14.8. The van der Waals surface area contributed by atoms with Crippen LogP contribution >= 0.6 is 46.0 Å². The standard InChI is InChI=1S/C24H15ClINO4S/c25-18-8-6-17(7-9-18)23(29)31-20-3-1-2-16(12-20)13-21-22(28)27(24(30)32-21)14-15-4-10-19(26)11-5-15/h1-13H,14H2/b21-13-. The fourth-order valence-electron chi connectivity index (χ4n) is 2.98. The molecule has 0 radical (unpaired) electrons. The molecule has 160 valence electrons. The van der Waals surface area contributed by atoms with Gasteiger partial charge in [0.2, 0.25) is 0 Å². The van der Waals surface area contributed by atoms with E-state index >= 15 is 0 Å². The van der Waals surface area contributed by atoms with Gasteiger partial charge in [-0.1, -0.05) is 35.9 Å². The van der Waals surface area contributed by atoms with E-state index in [-0.39, 0.29) is 17.7 Å². The van der Waals surface area contributed by atoms with Gasteiger partial charge in [-0.05, 0) is 100 Å². The summed E-state index contributed by atoms with van der Waals surface area (Å²) in [6.45, 7) is 0.220. The molecule has 1 fully saturated rings. The number of nitrogens with zero attached hydrogens (tertiary/aromatic N) is 1. The minimum Gasteiger partial charge on any atom is -0.423 e. The minimum absolute atomic E-state index is 0.220. The summed E-state index contributed by atoms with van der Waals surface area (Å²) in [5.41, 5.74) is 1.90. The van der Waals surface area contributed by atoms with Crippen molar-refractivity contribution < 1.29 is 19.1 Å². The van der Waals surface area contributed by atoms with E-state index in [4.69, 9.17) is 16.3 Å². The molecule has 1 saturated heterocycles. The van der Waals surface area contributed by atoms with Crippen LogP contribution in [0.1, 0.15) is 21.5 Å². The van der Waals surface area contributed by atoms with E-state index in [1.165, 1.54) is 4.90 Å². The third-order valence-corrected chi connectivity index (χ3v) is 6.45. The lowest BCUT2D eigenvalue weighted by Crippen LogP contribution is -2.27. The molecule has 32 heavy (non-hydrogen) atoms. The average molecular weight is 576 g/mol. The quantitative estimate of drug-likeness (QED) is 0.152. The van der Waals surface area contributed by atoms with Gasteiger partial charge < -0.3 is 4.74 Å². The van der Waals surface area contributed by atoms with Crippen molar-refractivity contribution >= 4 is 69.1 Å². The number of ether oxygens (including phenoxy) is 1. The van der Waals surface area contributed by atoms with E-state index in [1.54, 1.807) is 54.6 Å². The number of rotatable bonds is 5. The zero-order chi connectivity index (χ0) is 22.7. The number of carbonyl (C=O) groups excluding carboxylic acids is 3. The summed E-state index contributed by atoms with van der Waals surface area (Å²) in [5, 5.41) is 0.213. The Labute approximate surface area is 207 Å². The molecule has 1 aliphatic rings. The number of esters is 1. The molecule has 4 rings (SSSR count). The second-order valence-electron chi connectivity index (χ2n) is 6.86. The van der Waals surface area contributed by atoms with Crippen molar-refractivity contribution in [1.82, 2.24) is 4.90 Å². The van der Waals surface area contributed by atoms with Gasteiger partial charge in [0.15, 0.2) is 0 Å². The molecule has 0 saturated carbocycles. The van der Waals surface area contributed by atoms with Gasteiger partial charge in [0.25, 0.3) is 11.1 Å². The highest BCUT2D eigenvalue weighted by Gasteiger charge is 2.35. The minimum atomic E-state index is -0.517. The summed E-state index contributed by atoms with van der Waals surface area (Å²) in [5.74, 6) is -0.532. The second-order valence-corrected chi connectivity index (χ2v) is 9.54. The van der Waals surface area contributed by atoms with Crippen LogP contribution in [0.4, 0.5) is 4.79 Å². The lowest BCUT2D eigenvalue weighted by Gasteiger charge is -2.12. The summed E-state index contributed by atoms with van der Waals surface area (Å²) in [7, 11) is 0. The summed E-state index contributed by atoms with van der Waals surface area (Å²) >= 11 is 8.94. The molecular weight excluding hydrogens is 561 g/mol. The molecule has 0 unspecified atom stereocenters. The van der Waals surface area contributed by atoms with Crippen LogP contribution in [-0.4, -0.2) is 22.0 Å². The van der Waals surface area contributed by atoms with E-state index in [0.717, 1.165) is 20.9 Å². The van der Waals surface area contributed by atoms with E-state index < -0.39 is 5.97 Å². The Morgan fingerprint density at radius 3 is 2.47 bits per heavy atom. The van der Waals surface area contributed by atoms with Gasteiger partial charge in [-0.3, -0.25) is 14.5 Å². The first-order valence-corrected chi connectivity index (χ1v) is 11.7. The highest BCUT2D eigenvalue weighted by molar-refractivity contribution is 14.1. The molecule has 1 aliphatic heterocycles. The van der Waals surface area contributed by atoms with Gasteiger partial charge >= 0.3 is 5.97 Å². The molecule has 0 atom stereocenters. The molecule has 5 nitrogen and oxygen atoms in total. The van der Waals surface area contributed by atoms with Gasteiger partial charge in [0.1, 0.15) is 5.75 Å². The predicted octanol–water partition coefficient (Wildman–Crippen LogP) is 6.40. The van der Waals surface area contributed by atoms with Crippen LogP contribution in [0.3, 0.4) is 0 Å². The fraction of sp³-hybridized carbons (Fsp3) is 0.0417. The Balaban J connectivity index is 1.48. The van der Waals surface area contributed by atoms with Crippen molar-refractivity contribution in [1.29, 1.82) is 0 Å². The summed E-state index contributed by atoms with van der Waals surface area (Å²) in [6, 6.07) is 20.8. The van der Waals surface area contributed by atoms with Crippen molar-refractivity contribution in [2.45, 2.75) is 6.54 Å². The van der Waals surface area contributed by atoms with Gasteiger partial charge in [-0.25, -0.2) is 4.79 Å². The lowest BCUT2D eigenvalue weighted by molar-refractivity contribution is -0.123. The first-order valence-electron chi connectivity index (χ1n) is 9.47. The maximum absolute atomic E-state index is 12.8. The number of hydrogen-bond acceptors (Lipinski definition) is 5. The molecule has 0 bridgehead atoms. The molecule has 3 aromatic rings. The SMILES string of the molecule is O=C(Oc1cccc(/C=C2\SC(=O)N(Cc3ccc(I)cc3)C2=O)c1)c1ccc(Cl)cc1. The van der Waals surface area contributed by atoms with Gasteiger partial charge in [0, 0.05) is 8.59 Å². The Morgan fingerprint density at radius 2 is 1.75 bits per heavy atom. The first-order chi connectivity index (χ1) is 15.4. The Bertz CT molecular complexity index is 1230. The Hall–Kier alpha value is -2.62. The maximum atomic E-state index is 12.8. The zero-order valence-electron chi connectivity index (χ0n) is 16.5. The van der Waals surface area contributed by atoms with Crippen LogP contribution in [-0.2, 0) is 11.3 Å². The molecule has 1 heterocycles. The highest BCUT2D eigenvalue weighted by atomic mass is 127. The van der Waals surface area contributed by atoms with Crippen molar-refractivity contribution in [3.8, 4) is 5.75 Å². The van der Waals surface area contributed by atoms with Crippen molar-refractivity contribution in [3.05, 3.63) is 103 Å². The predicted molar refractivity (Wildman–Crippen MR) is 134 cm³/mol. The van der Waals surface area contributed by atoms with Crippen LogP contribution in [0, 0.1) is 3.57 Å². The molecule has 0 N–H and O–H groups in total.